The third kappa shape index (κ3) is 6.10. The van der Waals surface area contributed by atoms with Crippen LogP contribution in [0, 0.1) is 47.0 Å². The highest BCUT2D eigenvalue weighted by molar-refractivity contribution is 5.46. The maximum Gasteiger partial charge on any atom is 0.174 e. The second kappa shape index (κ2) is 11.8. The summed E-state index contributed by atoms with van der Waals surface area (Å²) >= 11 is 0. The molecule has 0 aliphatic heterocycles. The molecule has 2 fully saturated rings. The fourth-order valence-corrected chi connectivity index (χ4v) is 6.00. The van der Waals surface area contributed by atoms with Gasteiger partial charge in [-0.05, 0) is 118 Å². The molecule has 0 amide bonds. The van der Waals surface area contributed by atoms with E-state index < -0.39 is 11.6 Å². The summed E-state index contributed by atoms with van der Waals surface area (Å²) < 4.78 is 44.4. The maximum atomic E-state index is 15.1. The summed E-state index contributed by atoms with van der Waals surface area (Å²) in [6, 6.07) is 8.10. The van der Waals surface area contributed by atoms with Crippen LogP contribution in [0.1, 0.15) is 87.0 Å². The SMILES string of the molecule is C/C=C/CCc1ccc(C#Cc2ccc(C3CCC4CC(/C=C/C)CCC4C3)c(F)c2F)cc1F. The van der Waals surface area contributed by atoms with Gasteiger partial charge in [-0.15, -0.1) is 0 Å². The molecular weight excluding hydrogens is 441 g/mol. The van der Waals surface area contributed by atoms with Crippen molar-refractivity contribution in [2.24, 2.45) is 17.8 Å². The first-order valence-corrected chi connectivity index (χ1v) is 13.0. The summed E-state index contributed by atoms with van der Waals surface area (Å²) in [7, 11) is 0. The van der Waals surface area contributed by atoms with Crippen molar-refractivity contribution in [3.63, 3.8) is 0 Å². The van der Waals surface area contributed by atoms with Gasteiger partial charge in [0.25, 0.3) is 0 Å². The molecule has 2 aliphatic rings. The van der Waals surface area contributed by atoms with E-state index in [-0.39, 0.29) is 17.3 Å². The Morgan fingerprint density at radius 3 is 2.43 bits per heavy atom. The Balaban J connectivity index is 1.45. The molecule has 0 heterocycles. The summed E-state index contributed by atoms with van der Waals surface area (Å²) in [5, 5.41) is 0. The minimum absolute atomic E-state index is 0.0179. The summed E-state index contributed by atoms with van der Waals surface area (Å²) in [5.41, 5.74) is 1.58. The number of allylic oxidation sites excluding steroid dienone is 4. The largest absolute Gasteiger partial charge is 0.207 e. The monoisotopic (exact) mass is 476 g/mol. The molecule has 0 nitrogen and oxygen atoms in total. The van der Waals surface area contributed by atoms with Gasteiger partial charge in [-0.25, -0.2) is 13.2 Å². The van der Waals surface area contributed by atoms with E-state index in [0.29, 0.717) is 40.9 Å². The van der Waals surface area contributed by atoms with E-state index in [4.69, 9.17) is 0 Å². The summed E-state index contributed by atoms with van der Waals surface area (Å²) in [6.45, 7) is 4.01. The molecule has 3 heteroatoms. The molecule has 0 N–H and O–H groups in total. The maximum absolute atomic E-state index is 15.1. The van der Waals surface area contributed by atoms with Crippen LogP contribution in [-0.2, 0) is 6.42 Å². The Bertz CT molecular complexity index is 1150. The molecule has 2 aromatic carbocycles. The van der Waals surface area contributed by atoms with E-state index in [0.717, 1.165) is 25.7 Å². The van der Waals surface area contributed by atoms with Gasteiger partial charge in [-0.1, -0.05) is 48.3 Å². The van der Waals surface area contributed by atoms with E-state index in [9.17, 15) is 8.78 Å². The van der Waals surface area contributed by atoms with Gasteiger partial charge in [-0.2, -0.15) is 0 Å². The fraction of sp³-hybridized carbons (Fsp3) is 0.438. The van der Waals surface area contributed by atoms with Crippen molar-refractivity contribution in [2.45, 2.75) is 71.1 Å². The minimum atomic E-state index is -0.891. The Morgan fingerprint density at radius 2 is 1.66 bits per heavy atom. The van der Waals surface area contributed by atoms with Crippen LogP contribution < -0.4 is 0 Å². The molecule has 4 rings (SSSR count). The van der Waals surface area contributed by atoms with Crippen molar-refractivity contribution >= 4 is 0 Å². The second-order valence-electron chi connectivity index (χ2n) is 10.1. The van der Waals surface area contributed by atoms with Crippen LogP contribution in [0.4, 0.5) is 13.2 Å². The van der Waals surface area contributed by atoms with Gasteiger partial charge in [0.15, 0.2) is 11.6 Å². The van der Waals surface area contributed by atoms with Gasteiger partial charge in [0.1, 0.15) is 5.82 Å². The zero-order valence-corrected chi connectivity index (χ0v) is 20.8. The van der Waals surface area contributed by atoms with Crippen LogP contribution in [0.15, 0.2) is 54.6 Å². The van der Waals surface area contributed by atoms with Crippen molar-refractivity contribution in [1.82, 2.24) is 0 Å². The highest BCUT2D eigenvalue weighted by Crippen LogP contribution is 2.48. The van der Waals surface area contributed by atoms with Crippen LogP contribution in [0.3, 0.4) is 0 Å². The van der Waals surface area contributed by atoms with E-state index in [2.05, 4.69) is 30.9 Å². The Kier molecular flexibility index (Phi) is 8.55. The topological polar surface area (TPSA) is 0 Å². The normalized spacial score (nSPS) is 24.4. The van der Waals surface area contributed by atoms with Gasteiger partial charge in [0.2, 0.25) is 0 Å². The van der Waals surface area contributed by atoms with E-state index in [1.54, 1.807) is 24.3 Å². The average Bonchev–Trinajstić information content (AvgIpc) is 2.86. The quantitative estimate of drug-likeness (QED) is 0.299. The molecule has 0 radical (unpaired) electrons. The standard InChI is InChI=1S/C32H35F3/c1-3-5-6-8-24-12-9-23(20-30(24)33)10-13-25-17-18-29(32(35)31(25)34)28-16-15-26-19-22(7-4-2)11-14-27(26)21-28/h3-5,7,9,12,17-18,20,22,26-28H,6,8,11,14-16,19,21H2,1-2H3/b5-3+,7-4+. The molecule has 0 spiro atoms. The molecule has 184 valence electrons. The van der Waals surface area contributed by atoms with Crippen molar-refractivity contribution in [2.75, 3.05) is 0 Å². The minimum Gasteiger partial charge on any atom is -0.207 e. The van der Waals surface area contributed by atoms with Gasteiger partial charge in [0, 0.05) is 5.56 Å². The lowest BCUT2D eigenvalue weighted by molar-refractivity contribution is 0.132. The highest BCUT2D eigenvalue weighted by atomic mass is 19.2. The van der Waals surface area contributed by atoms with Gasteiger partial charge < -0.3 is 0 Å². The average molecular weight is 477 g/mol. The smallest absolute Gasteiger partial charge is 0.174 e. The molecular formula is C32H35F3. The first kappa shape index (κ1) is 25.4. The van der Waals surface area contributed by atoms with Crippen molar-refractivity contribution in [3.8, 4) is 11.8 Å². The number of hydrogen-bond donors (Lipinski definition) is 0. The number of hydrogen-bond acceptors (Lipinski definition) is 0. The number of halogens is 3. The molecule has 35 heavy (non-hydrogen) atoms. The van der Waals surface area contributed by atoms with Gasteiger partial charge in [0.05, 0.1) is 5.56 Å². The third-order valence-electron chi connectivity index (χ3n) is 7.88. The van der Waals surface area contributed by atoms with Crippen LogP contribution in [-0.4, -0.2) is 0 Å². The van der Waals surface area contributed by atoms with E-state index >= 15 is 4.39 Å². The molecule has 4 unspecified atom stereocenters. The van der Waals surface area contributed by atoms with Gasteiger partial charge in [-0.3, -0.25) is 0 Å². The Morgan fingerprint density at radius 1 is 0.857 bits per heavy atom. The molecule has 0 bridgehead atoms. The number of fused-ring (bicyclic) bond motifs is 1. The summed E-state index contributed by atoms with van der Waals surface area (Å²) in [6.07, 6.45) is 16.3. The molecule has 2 aliphatic carbocycles. The first-order valence-electron chi connectivity index (χ1n) is 13.0. The number of rotatable bonds is 5. The zero-order valence-electron chi connectivity index (χ0n) is 20.8. The second-order valence-corrected chi connectivity index (χ2v) is 10.1. The van der Waals surface area contributed by atoms with Crippen LogP contribution in [0.5, 0.6) is 0 Å². The first-order chi connectivity index (χ1) is 17.0. The highest BCUT2D eigenvalue weighted by Gasteiger charge is 2.36. The third-order valence-corrected chi connectivity index (χ3v) is 7.88. The lowest BCUT2D eigenvalue weighted by Gasteiger charge is -2.41. The lowest BCUT2D eigenvalue weighted by atomic mass is 9.64. The Labute approximate surface area is 208 Å². The molecule has 0 aromatic heterocycles. The molecule has 2 aromatic rings. The van der Waals surface area contributed by atoms with E-state index in [1.165, 1.54) is 25.3 Å². The molecule has 2 saturated carbocycles. The molecule has 4 atom stereocenters. The predicted octanol–water partition coefficient (Wildman–Crippen LogP) is 8.89. The van der Waals surface area contributed by atoms with E-state index in [1.807, 2.05) is 19.1 Å². The summed E-state index contributed by atoms with van der Waals surface area (Å²) in [5.74, 6) is 5.58. The fourth-order valence-electron chi connectivity index (χ4n) is 6.00. The van der Waals surface area contributed by atoms with Crippen LogP contribution in [0.25, 0.3) is 0 Å². The Hall–Kier alpha value is -2.73. The molecule has 0 saturated heterocycles. The summed E-state index contributed by atoms with van der Waals surface area (Å²) in [4.78, 5) is 0. The lowest BCUT2D eigenvalue weighted by Crippen LogP contribution is -2.30. The van der Waals surface area contributed by atoms with Crippen molar-refractivity contribution < 1.29 is 13.2 Å². The van der Waals surface area contributed by atoms with Crippen molar-refractivity contribution in [1.29, 1.82) is 0 Å². The zero-order chi connectivity index (χ0) is 24.8. The van der Waals surface area contributed by atoms with Crippen molar-refractivity contribution in [3.05, 3.63) is 94.3 Å². The number of aryl methyl sites for hydroxylation is 1. The number of benzene rings is 2. The predicted molar refractivity (Wildman–Crippen MR) is 138 cm³/mol. The van der Waals surface area contributed by atoms with Gasteiger partial charge >= 0.3 is 0 Å². The van der Waals surface area contributed by atoms with Crippen LogP contribution in [0.2, 0.25) is 0 Å². The van der Waals surface area contributed by atoms with Crippen LogP contribution >= 0.6 is 0 Å².